The molecule has 0 spiro atoms. The molecule has 5 nitrogen and oxygen atoms in total. The fourth-order valence-electron chi connectivity index (χ4n) is 2.09. The predicted octanol–water partition coefficient (Wildman–Crippen LogP) is 3.97. The van der Waals surface area contributed by atoms with Crippen LogP contribution in [0.5, 0.6) is 5.75 Å². The molecule has 0 fully saturated rings. The van der Waals surface area contributed by atoms with Gasteiger partial charge < -0.3 is 15.4 Å². The Morgan fingerprint density at radius 3 is 2.31 bits per heavy atom. The van der Waals surface area contributed by atoms with Gasteiger partial charge >= 0.3 is 0 Å². The van der Waals surface area contributed by atoms with E-state index in [9.17, 15) is 18.4 Å². The summed E-state index contributed by atoms with van der Waals surface area (Å²) >= 11 is 0. The smallest absolute Gasteiger partial charge is 0.239 e. The number of rotatable bonds is 6. The molecule has 2 rings (SSSR count). The summed E-state index contributed by atoms with van der Waals surface area (Å²) in [5, 5.41) is 5.08. The third-order valence-electron chi connectivity index (χ3n) is 3.75. The highest BCUT2D eigenvalue weighted by Crippen LogP contribution is 2.27. The van der Waals surface area contributed by atoms with Gasteiger partial charge in [0.25, 0.3) is 0 Å². The Hall–Kier alpha value is -2.96. The van der Waals surface area contributed by atoms with Crippen LogP contribution < -0.4 is 15.4 Å². The van der Waals surface area contributed by atoms with E-state index in [2.05, 4.69) is 10.6 Å². The zero-order valence-electron chi connectivity index (χ0n) is 14.7. The van der Waals surface area contributed by atoms with Crippen LogP contribution in [0.15, 0.2) is 42.5 Å². The van der Waals surface area contributed by atoms with Crippen LogP contribution in [-0.2, 0) is 9.59 Å². The topological polar surface area (TPSA) is 67.4 Å². The Bertz CT molecular complexity index is 822. The molecule has 0 aliphatic carbocycles. The Morgan fingerprint density at radius 1 is 1.00 bits per heavy atom. The number of carbonyl (C=O) groups excluding carboxylic acids is 2. The normalized spacial score (nSPS) is 11.0. The molecule has 2 aromatic rings. The van der Waals surface area contributed by atoms with Gasteiger partial charge in [0.1, 0.15) is 11.2 Å². The van der Waals surface area contributed by atoms with Gasteiger partial charge in [-0.05, 0) is 45.0 Å². The molecule has 0 radical (unpaired) electrons. The van der Waals surface area contributed by atoms with Crippen LogP contribution in [0.1, 0.15) is 20.8 Å². The van der Waals surface area contributed by atoms with E-state index in [1.54, 1.807) is 24.3 Å². The molecule has 0 heterocycles. The van der Waals surface area contributed by atoms with E-state index >= 15 is 0 Å². The second kappa shape index (κ2) is 7.95. The molecule has 2 amide bonds. The molecular formula is C19H20F2N2O3. The van der Waals surface area contributed by atoms with Gasteiger partial charge in [-0.1, -0.05) is 12.1 Å². The maximum atomic E-state index is 13.3. The number of nitrogens with one attached hydrogen (secondary N) is 2. The number of carbonyl (C=O) groups is 2. The standard InChI is InChI=1S/C19H20F2N2O3/c1-4-26-16-8-6-5-7-15(16)23-18(25)19(2,3)17(24)22-12-9-10-13(20)14(21)11-12/h5-11H,4H2,1-3H3,(H,22,24)(H,23,25). The predicted molar refractivity (Wildman–Crippen MR) is 95.0 cm³/mol. The highest BCUT2D eigenvalue weighted by molar-refractivity contribution is 6.14. The zero-order valence-corrected chi connectivity index (χ0v) is 14.7. The van der Waals surface area contributed by atoms with Crippen molar-refractivity contribution in [2.24, 2.45) is 5.41 Å². The highest BCUT2D eigenvalue weighted by atomic mass is 19.2. The minimum Gasteiger partial charge on any atom is -0.492 e. The average Bonchev–Trinajstić information content (AvgIpc) is 2.60. The lowest BCUT2D eigenvalue weighted by Crippen LogP contribution is -2.41. The second-order valence-electron chi connectivity index (χ2n) is 6.09. The molecule has 0 atom stereocenters. The Morgan fingerprint density at radius 2 is 1.65 bits per heavy atom. The summed E-state index contributed by atoms with van der Waals surface area (Å²) in [6, 6.07) is 9.82. The highest BCUT2D eigenvalue weighted by Gasteiger charge is 2.36. The lowest BCUT2D eigenvalue weighted by Gasteiger charge is -2.23. The van der Waals surface area contributed by atoms with Crippen molar-refractivity contribution in [2.45, 2.75) is 20.8 Å². The van der Waals surface area contributed by atoms with Crippen LogP contribution in [0, 0.1) is 17.0 Å². The van der Waals surface area contributed by atoms with Gasteiger partial charge in [0.2, 0.25) is 11.8 Å². The van der Waals surface area contributed by atoms with E-state index in [0.29, 0.717) is 18.0 Å². The van der Waals surface area contributed by atoms with Crippen LogP contribution in [0.3, 0.4) is 0 Å². The first-order valence-electron chi connectivity index (χ1n) is 8.05. The summed E-state index contributed by atoms with van der Waals surface area (Å²) in [4.78, 5) is 25.0. The van der Waals surface area contributed by atoms with Gasteiger partial charge in [-0.3, -0.25) is 9.59 Å². The van der Waals surface area contributed by atoms with E-state index < -0.39 is 28.9 Å². The first-order valence-corrected chi connectivity index (χ1v) is 8.05. The molecule has 0 aromatic heterocycles. The van der Waals surface area contributed by atoms with Crippen molar-refractivity contribution in [3.63, 3.8) is 0 Å². The Kier molecular flexibility index (Phi) is 5.92. The number of benzene rings is 2. The SMILES string of the molecule is CCOc1ccccc1NC(=O)C(C)(C)C(=O)Nc1ccc(F)c(F)c1. The van der Waals surface area contributed by atoms with Crippen molar-refractivity contribution in [3.05, 3.63) is 54.1 Å². The number of ether oxygens (including phenoxy) is 1. The van der Waals surface area contributed by atoms with Crippen LogP contribution in [-0.4, -0.2) is 18.4 Å². The Balaban J connectivity index is 2.13. The average molecular weight is 362 g/mol. The van der Waals surface area contributed by atoms with Crippen molar-refractivity contribution in [2.75, 3.05) is 17.2 Å². The van der Waals surface area contributed by atoms with E-state index in [0.717, 1.165) is 12.1 Å². The van der Waals surface area contributed by atoms with Gasteiger partial charge in [-0.2, -0.15) is 0 Å². The fourth-order valence-corrected chi connectivity index (χ4v) is 2.09. The number of para-hydroxylation sites is 2. The summed E-state index contributed by atoms with van der Waals surface area (Å²) in [5.41, 5.74) is -0.970. The minimum absolute atomic E-state index is 0.0597. The van der Waals surface area contributed by atoms with Gasteiger partial charge in [-0.25, -0.2) is 8.78 Å². The third kappa shape index (κ3) is 4.36. The van der Waals surface area contributed by atoms with Crippen molar-refractivity contribution in [1.29, 1.82) is 0 Å². The number of hydrogen-bond donors (Lipinski definition) is 2. The van der Waals surface area contributed by atoms with Gasteiger partial charge in [0, 0.05) is 11.8 Å². The van der Waals surface area contributed by atoms with Crippen molar-refractivity contribution < 1.29 is 23.1 Å². The van der Waals surface area contributed by atoms with E-state index in [4.69, 9.17) is 4.74 Å². The summed E-state index contributed by atoms with van der Waals surface area (Å²) in [7, 11) is 0. The largest absolute Gasteiger partial charge is 0.492 e. The molecule has 0 saturated heterocycles. The molecule has 7 heteroatoms. The van der Waals surface area contributed by atoms with Crippen LogP contribution in [0.2, 0.25) is 0 Å². The minimum atomic E-state index is -1.47. The summed E-state index contributed by atoms with van der Waals surface area (Å²) < 4.78 is 31.7. The van der Waals surface area contributed by atoms with Crippen LogP contribution in [0.4, 0.5) is 20.2 Å². The lowest BCUT2D eigenvalue weighted by atomic mass is 9.90. The molecule has 2 N–H and O–H groups in total. The van der Waals surface area contributed by atoms with Gasteiger partial charge in [-0.15, -0.1) is 0 Å². The number of anilines is 2. The van der Waals surface area contributed by atoms with E-state index in [1.165, 1.54) is 19.9 Å². The van der Waals surface area contributed by atoms with Crippen LogP contribution >= 0.6 is 0 Å². The molecular weight excluding hydrogens is 342 g/mol. The number of amides is 2. The van der Waals surface area contributed by atoms with Gasteiger partial charge in [0.15, 0.2) is 11.6 Å². The van der Waals surface area contributed by atoms with Crippen LogP contribution in [0.25, 0.3) is 0 Å². The molecule has 138 valence electrons. The third-order valence-corrected chi connectivity index (χ3v) is 3.75. The van der Waals surface area contributed by atoms with Crippen molar-refractivity contribution in [3.8, 4) is 5.75 Å². The zero-order chi connectivity index (χ0) is 19.3. The first kappa shape index (κ1) is 19.4. The molecule has 0 bridgehead atoms. The molecule has 0 aliphatic heterocycles. The van der Waals surface area contributed by atoms with Gasteiger partial charge in [0.05, 0.1) is 12.3 Å². The van der Waals surface area contributed by atoms with Crippen molar-refractivity contribution >= 4 is 23.2 Å². The molecule has 2 aromatic carbocycles. The monoisotopic (exact) mass is 362 g/mol. The molecule has 0 unspecified atom stereocenters. The fraction of sp³-hybridized carbons (Fsp3) is 0.263. The van der Waals surface area contributed by atoms with E-state index in [-0.39, 0.29) is 5.69 Å². The summed E-state index contributed by atoms with van der Waals surface area (Å²) in [6.07, 6.45) is 0. The Labute approximate surface area is 150 Å². The number of halogens is 2. The summed E-state index contributed by atoms with van der Waals surface area (Å²) in [6.45, 7) is 5.10. The van der Waals surface area contributed by atoms with Crippen molar-refractivity contribution in [1.82, 2.24) is 0 Å². The quantitative estimate of drug-likeness (QED) is 0.764. The second-order valence-corrected chi connectivity index (χ2v) is 6.09. The molecule has 0 saturated carbocycles. The first-order chi connectivity index (χ1) is 12.3. The number of hydrogen-bond acceptors (Lipinski definition) is 3. The lowest BCUT2D eigenvalue weighted by molar-refractivity contribution is -0.135. The molecule has 26 heavy (non-hydrogen) atoms. The maximum absolute atomic E-state index is 13.3. The molecule has 0 aliphatic rings. The maximum Gasteiger partial charge on any atom is 0.239 e. The summed E-state index contributed by atoms with van der Waals surface area (Å²) in [5.74, 6) is -2.84. The van der Waals surface area contributed by atoms with E-state index in [1.807, 2.05) is 6.92 Å².